The molecular formula is C32H33F2N7O3S. The highest BCUT2D eigenvalue weighted by molar-refractivity contribution is 7.17. The van der Waals surface area contributed by atoms with Crippen LogP contribution in [0.1, 0.15) is 75.4 Å². The van der Waals surface area contributed by atoms with Gasteiger partial charge in [-0.3, -0.25) is 19.6 Å². The third-order valence-corrected chi connectivity index (χ3v) is 8.97. The van der Waals surface area contributed by atoms with E-state index in [2.05, 4.69) is 35.3 Å². The fourth-order valence-electron chi connectivity index (χ4n) is 5.61. The summed E-state index contributed by atoms with van der Waals surface area (Å²) in [6.45, 7) is 5.23. The van der Waals surface area contributed by atoms with Crippen molar-refractivity contribution in [1.82, 2.24) is 30.4 Å². The zero-order valence-corrected chi connectivity index (χ0v) is 25.9. The molecule has 1 aliphatic carbocycles. The van der Waals surface area contributed by atoms with Gasteiger partial charge >= 0.3 is 0 Å². The van der Waals surface area contributed by atoms with Gasteiger partial charge in [0, 0.05) is 74.4 Å². The van der Waals surface area contributed by atoms with Gasteiger partial charge < -0.3 is 9.64 Å². The molecule has 13 heteroatoms. The average molecular weight is 634 g/mol. The zero-order valence-electron chi connectivity index (χ0n) is 25.1. The minimum Gasteiger partial charge on any atom is -0.490 e. The van der Waals surface area contributed by atoms with Crippen molar-refractivity contribution in [2.24, 2.45) is 0 Å². The Morgan fingerprint density at radius 3 is 2.58 bits per heavy atom. The van der Waals surface area contributed by atoms with Gasteiger partial charge in [0.2, 0.25) is 5.13 Å². The van der Waals surface area contributed by atoms with E-state index >= 15 is 0 Å². The second-order valence-corrected chi connectivity index (χ2v) is 12.8. The molecule has 1 unspecified atom stereocenters. The molecule has 4 aromatic heterocycles. The van der Waals surface area contributed by atoms with E-state index in [1.165, 1.54) is 11.3 Å². The van der Waals surface area contributed by atoms with E-state index in [4.69, 9.17) is 4.74 Å². The summed E-state index contributed by atoms with van der Waals surface area (Å²) in [5, 5.41) is 18.3. The Hall–Kier alpha value is -4.26. The first-order valence-electron chi connectivity index (χ1n) is 15.0. The van der Waals surface area contributed by atoms with Crippen molar-refractivity contribution >= 4 is 28.0 Å². The highest BCUT2D eigenvalue weighted by Gasteiger charge is 2.47. The monoisotopic (exact) mass is 633 g/mol. The van der Waals surface area contributed by atoms with E-state index in [0.29, 0.717) is 52.4 Å². The molecule has 0 N–H and O–H groups in total. The van der Waals surface area contributed by atoms with Crippen LogP contribution < -0.4 is 9.64 Å². The number of nitrogens with zero attached hydrogens (tertiary/aromatic N) is 7. The van der Waals surface area contributed by atoms with Gasteiger partial charge in [0.25, 0.3) is 5.92 Å². The fraction of sp³-hybridized carbons (Fsp3) is 0.438. The number of ketones is 2. The third kappa shape index (κ3) is 7.88. The Bertz CT molecular complexity index is 1690. The zero-order chi connectivity index (χ0) is 31.6. The minimum atomic E-state index is -2.66. The lowest BCUT2D eigenvalue weighted by molar-refractivity contribution is -0.134. The molecule has 0 bridgehead atoms. The van der Waals surface area contributed by atoms with Gasteiger partial charge in [0.15, 0.2) is 10.8 Å². The molecule has 6 rings (SSSR count). The first kappa shape index (κ1) is 30.8. The molecule has 5 heterocycles. The summed E-state index contributed by atoms with van der Waals surface area (Å²) in [5.41, 5.74) is 4.58. The Morgan fingerprint density at radius 1 is 1.00 bits per heavy atom. The highest BCUT2D eigenvalue weighted by Crippen LogP contribution is 2.40. The maximum atomic E-state index is 13.2. The van der Waals surface area contributed by atoms with Crippen molar-refractivity contribution in [3.63, 3.8) is 0 Å². The quantitative estimate of drug-likeness (QED) is 0.195. The second kappa shape index (κ2) is 13.0. The number of halogens is 2. The van der Waals surface area contributed by atoms with Crippen molar-refractivity contribution in [3.05, 3.63) is 81.6 Å². The number of rotatable bonds is 12. The number of carbonyl (C=O) groups is 2. The maximum Gasteiger partial charge on any atom is 0.255 e. The van der Waals surface area contributed by atoms with Gasteiger partial charge in [-0.05, 0) is 56.5 Å². The molecule has 2 fully saturated rings. The van der Waals surface area contributed by atoms with Gasteiger partial charge in [0.1, 0.15) is 17.6 Å². The number of alkyl halides is 2. The summed E-state index contributed by atoms with van der Waals surface area (Å²) in [7, 11) is 0. The van der Waals surface area contributed by atoms with Crippen molar-refractivity contribution in [2.75, 3.05) is 18.0 Å². The molecule has 45 heavy (non-hydrogen) atoms. The van der Waals surface area contributed by atoms with Gasteiger partial charge in [-0.15, -0.1) is 10.2 Å². The summed E-state index contributed by atoms with van der Waals surface area (Å²) in [5.74, 6) is -2.19. The third-order valence-electron chi connectivity index (χ3n) is 7.94. The van der Waals surface area contributed by atoms with Crippen molar-refractivity contribution in [1.29, 1.82) is 0 Å². The predicted octanol–water partition coefficient (Wildman–Crippen LogP) is 5.08. The highest BCUT2D eigenvalue weighted by atomic mass is 32.1. The van der Waals surface area contributed by atoms with Crippen LogP contribution in [0.4, 0.5) is 13.9 Å². The number of anilines is 1. The first-order chi connectivity index (χ1) is 21.6. The molecule has 0 amide bonds. The summed E-state index contributed by atoms with van der Waals surface area (Å²) in [4.78, 5) is 36.4. The van der Waals surface area contributed by atoms with E-state index in [1.54, 1.807) is 25.3 Å². The first-order valence-corrected chi connectivity index (χ1v) is 15.8. The lowest BCUT2D eigenvalue weighted by Gasteiger charge is -2.34. The normalized spacial score (nSPS) is 17.7. The van der Waals surface area contributed by atoms with Crippen LogP contribution in [0, 0.1) is 13.8 Å². The van der Waals surface area contributed by atoms with Crippen LogP contribution in [0.2, 0.25) is 0 Å². The Kier molecular flexibility index (Phi) is 8.88. The molecule has 2 aliphatic rings. The van der Waals surface area contributed by atoms with Crippen LogP contribution in [0.5, 0.6) is 5.75 Å². The number of aromatic nitrogens is 6. The molecule has 234 valence electrons. The van der Waals surface area contributed by atoms with Crippen LogP contribution in [0.3, 0.4) is 0 Å². The summed E-state index contributed by atoms with van der Waals surface area (Å²) >= 11 is 1.31. The van der Waals surface area contributed by atoms with Crippen LogP contribution in [0.25, 0.3) is 0 Å². The molecule has 0 spiro atoms. The number of ether oxygens (including phenoxy) is 1. The number of pyridine rings is 2. The van der Waals surface area contributed by atoms with Crippen LogP contribution in [-0.4, -0.2) is 67.0 Å². The number of hydrogen-bond acceptors (Lipinski definition) is 11. The summed E-state index contributed by atoms with van der Waals surface area (Å²) in [6.07, 6.45) is 2.57. The van der Waals surface area contributed by atoms with E-state index in [1.807, 2.05) is 31.2 Å². The molecule has 0 radical (unpaired) electrons. The number of carbonyl (C=O) groups excluding carboxylic acids is 2. The Balaban J connectivity index is 0.985. The number of hydrogen-bond donors (Lipinski definition) is 0. The van der Waals surface area contributed by atoms with Crippen LogP contribution in [0.15, 0.2) is 42.6 Å². The lowest BCUT2D eigenvalue weighted by atomic mass is 9.91. The Morgan fingerprint density at radius 2 is 1.82 bits per heavy atom. The second-order valence-electron chi connectivity index (χ2n) is 11.9. The molecule has 1 atom stereocenters. The summed E-state index contributed by atoms with van der Waals surface area (Å²) < 4.78 is 32.0. The molecule has 1 saturated heterocycles. The van der Waals surface area contributed by atoms with Crippen LogP contribution in [-0.2, 0) is 24.1 Å². The molecule has 4 aromatic rings. The summed E-state index contributed by atoms with van der Waals surface area (Å²) in [6, 6.07) is 11.0. The van der Waals surface area contributed by atoms with Gasteiger partial charge in [-0.2, -0.15) is 10.2 Å². The van der Waals surface area contributed by atoms with Crippen molar-refractivity contribution in [2.45, 2.75) is 76.7 Å². The van der Waals surface area contributed by atoms with E-state index in [-0.39, 0.29) is 43.2 Å². The molecule has 1 aliphatic heterocycles. The molecule has 0 aromatic carbocycles. The largest absolute Gasteiger partial charge is 0.490 e. The predicted molar refractivity (Wildman–Crippen MR) is 163 cm³/mol. The average Bonchev–Trinajstić information content (AvgIpc) is 3.66. The smallest absolute Gasteiger partial charge is 0.255 e. The molecular weight excluding hydrogens is 600 g/mol. The van der Waals surface area contributed by atoms with Gasteiger partial charge in [0.05, 0.1) is 23.5 Å². The van der Waals surface area contributed by atoms with Crippen molar-refractivity contribution < 1.29 is 23.1 Å². The Labute approximate surface area is 263 Å². The van der Waals surface area contributed by atoms with Crippen LogP contribution >= 0.6 is 11.3 Å². The van der Waals surface area contributed by atoms with E-state index < -0.39 is 12.0 Å². The van der Waals surface area contributed by atoms with Gasteiger partial charge in [-0.25, -0.2) is 8.78 Å². The lowest BCUT2D eigenvalue weighted by Crippen LogP contribution is -2.43. The topological polar surface area (TPSA) is 124 Å². The minimum absolute atomic E-state index is 0.0400. The van der Waals surface area contributed by atoms with Crippen molar-refractivity contribution in [3.8, 4) is 5.75 Å². The maximum absolute atomic E-state index is 13.2. The SMILES string of the molecule is Cc1ccnc(CCC(=O)c2nnc(N3CCC(c4ccc(CC(=O)Cc5cc(OC6CC(F)(F)C6)cc(C)n5)nn4)C3)s2)c1. The van der Waals surface area contributed by atoms with E-state index in [0.717, 1.165) is 29.9 Å². The van der Waals surface area contributed by atoms with Gasteiger partial charge in [-0.1, -0.05) is 11.3 Å². The fourth-order valence-corrected chi connectivity index (χ4v) is 6.45. The molecule has 10 nitrogen and oxygen atoms in total. The van der Waals surface area contributed by atoms with E-state index in [9.17, 15) is 18.4 Å². The number of Topliss-reactive ketones (excluding diaryl/α,β-unsaturated/α-hetero) is 2. The standard InChI is InChI=1S/C32H33F2N7O3S/c1-19-7-9-35-22(11-19)4-6-29(43)30-39-40-31(45-30)41-10-8-21(18-41)28-5-3-23(37-38-28)13-25(42)14-24-15-26(12-20(2)36-24)44-27-16-32(33,34)17-27/h3,5,7,9,11-12,15,21,27H,4,6,8,10,13-14,16-18H2,1-2H3. The number of aryl methyl sites for hydroxylation is 3. The molecule has 1 saturated carbocycles.